The second kappa shape index (κ2) is 6.47. The molecule has 1 heterocycles. The highest BCUT2D eigenvalue weighted by Crippen LogP contribution is 2.27. The molecule has 2 rings (SSSR count). The normalized spacial score (nSPS) is 18.5. The molecular formula is C15H21N3O3. The van der Waals surface area contributed by atoms with Crippen LogP contribution in [0.15, 0.2) is 18.2 Å². The Kier molecular flexibility index (Phi) is 4.67. The number of anilines is 2. The molecule has 0 spiro atoms. The van der Waals surface area contributed by atoms with Crippen LogP contribution in [0, 0.1) is 0 Å². The van der Waals surface area contributed by atoms with Gasteiger partial charge in [-0.25, -0.2) is 4.79 Å². The number of nitrogens with zero attached hydrogens (tertiary/aromatic N) is 1. The van der Waals surface area contributed by atoms with Crippen LogP contribution in [0.4, 0.5) is 11.4 Å². The van der Waals surface area contributed by atoms with Crippen molar-refractivity contribution in [1.82, 2.24) is 4.90 Å². The smallest absolute Gasteiger partial charge is 0.340 e. The van der Waals surface area contributed by atoms with E-state index in [4.69, 9.17) is 10.5 Å². The molecular weight excluding hydrogens is 270 g/mol. The SMILES string of the molecule is CCOC(=O)c1cccc(N)c1NC1CCC(=O)N(C)C1. The highest BCUT2D eigenvalue weighted by molar-refractivity contribution is 5.99. The van der Waals surface area contributed by atoms with Crippen molar-refractivity contribution in [3.63, 3.8) is 0 Å². The summed E-state index contributed by atoms with van der Waals surface area (Å²) < 4.78 is 5.05. The van der Waals surface area contributed by atoms with Gasteiger partial charge in [0.25, 0.3) is 0 Å². The quantitative estimate of drug-likeness (QED) is 0.648. The molecule has 21 heavy (non-hydrogen) atoms. The van der Waals surface area contributed by atoms with E-state index in [0.717, 1.165) is 6.42 Å². The molecule has 1 amide bonds. The Bertz CT molecular complexity index is 545. The fourth-order valence-corrected chi connectivity index (χ4v) is 2.44. The first-order valence-corrected chi connectivity index (χ1v) is 7.09. The summed E-state index contributed by atoms with van der Waals surface area (Å²) in [6, 6.07) is 5.23. The Morgan fingerprint density at radius 1 is 1.52 bits per heavy atom. The van der Waals surface area contributed by atoms with E-state index < -0.39 is 5.97 Å². The van der Waals surface area contributed by atoms with Crippen molar-refractivity contribution >= 4 is 23.3 Å². The van der Waals surface area contributed by atoms with Gasteiger partial charge < -0.3 is 20.7 Å². The molecule has 1 fully saturated rings. The first-order valence-electron chi connectivity index (χ1n) is 7.09. The molecule has 0 bridgehead atoms. The lowest BCUT2D eigenvalue weighted by Crippen LogP contribution is -2.43. The molecule has 6 heteroatoms. The van der Waals surface area contributed by atoms with Gasteiger partial charge in [0.15, 0.2) is 0 Å². The van der Waals surface area contributed by atoms with Gasteiger partial charge in [-0.15, -0.1) is 0 Å². The number of rotatable bonds is 4. The third-order valence-electron chi connectivity index (χ3n) is 3.57. The fourth-order valence-electron chi connectivity index (χ4n) is 2.44. The Labute approximate surface area is 124 Å². The predicted octanol–water partition coefficient (Wildman–Crippen LogP) is 1.48. The molecule has 6 nitrogen and oxygen atoms in total. The summed E-state index contributed by atoms with van der Waals surface area (Å²) in [5, 5.41) is 3.29. The molecule has 1 unspecified atom stereocenters. The number of piperidine rings is 1. The third kappa shape index (κ3) is 3.45. The van der Waals surface area contributed by atoms with Crippen molar-refractivity contribution in [2.75, 3.05) is 31.2 Å². The Balaban J connectivity index is 2.19. The highest BCUT2D eigenvalue weighted by atomic mass is 16.5. The van der Waals surface area contributed by atoms with Crippen LogP contribution in [0.1, 0.15) is 30.1 Å². The van der Waals surface area contributed by atoms with E-state index in [-0.39, 0.29) is 11.9 Å². The molecule has 3 N–H and O–H groups in total. The maximum Gasteiger partial charge on any atom is 0.340 e. The van der Waals surface area contributed by atoms with E-state index in [1.165, 1.54) is 0 Å². The van der Waals surface area contributed by atoms with E-state index >= 15 is 0 Å². The number of carbonyl (C=O) groups is 2. The van der Waals surface area contributed by atoms with Crippen LogP contribution < -0.4 is 11.1 Å². The summed E-state index contributed by atoms with van der Waals surface area (Å²) in [7, 11) is 1.77. The van der Waals surface area contributed by atoms with Crippen molar-refractivity contribution in [2.45, 2.75) is 25.8 Å². The van der Waals surface area contributed by atoms with E-state index in [2.05, 4.69) is 5.32 Å². The average molecular weight is 291 g/mol. The predicted molar refractivity (Wildman–Crippen MR) is 81.1 cm³/mol. The summed E-state index contributed by atoms with van der Waals surface area (Å²) in [5.74, 6) is -0.257. The number of nitrogens with two attached hydrogens (primary N) is 1. The summed E-state index contributed by atoms with van der Waals surface area (Å²) in [6.07, 6.45) is 1.22. The van der Waals surface area contributed by atoms with E-state index in [9.17, 15) is 9.59 Å². The molecule has 1 atom stereocenters. The number of likely N-dealkylation sites (tertiary alicyclic amines) is 1. The fraction of sp³-hybridized carbons (Fsp3) is 0.467. The minimum absolute atomic E-state index is 0.0746. The minimum atomic E-state index is -0.396. The van der Waals surface area contributed by atoms with Crippen LogP contribution in [0.25, 0.3) is 0 Å². The van der Waals surface area contributed by atoms with E-state index in [1.54, 1.807) is 37.1 Å². The maximum absolute atomic E-state index is 12.0. The van der Waals surface area contributed by atoms with Crippen molar-refractivity contribution in [3.05, 3.63) is 23.8 Å². The number of esters is 1. The summed E-state index contributed by atoms with van der Waals surface area (Å²) in [5.41, 5.74) is 7.50. The number of hydrogen-bond acceptors (Lipinski definition) is 5. The number of hydrogen-bond donors (Lipinski definition) is 2. The number of amides is 1. The van der Waals surface area contributed by atoms with Crippen LogP contribution in [-0.2, 0) is 9.53 Å². The number of ether oxygens (including phenoxy) is 1. The molecule has 1 aromatic rings. The average Bonchev–Trinajstić information content (AvgIpc) is 2.45. The van der Waals surface area contributed by atoms with Crippen LogP contribution in [0.5, 0.6) is 0 Å². The van der Waals surface area contributed by atoms with Crippen molar-refractivity contribution < 1.29 is 14.3 Å². The Hall–Kier alpha value is -2.24. The van der Waals surface area contributed by atoms with Gasteiger partial charge >= 0.3 is 5.97 Å². The lowest BCUT2D eigenvalue weighted by atomic mass is 10.0. The van der Waals surface area contributed by atoms with Crippen LogP contribution in [0.3, 0.4) is 0 Å². The molecule has 1 aliphatic rings. The molecule has 1 saturated heterocycles. The van der Waals surface area contributed by atoms with Crippen LogP contribution in [0.2, 0.25) is 0 Å². The van der Waals surface area contributed by atoms with Gasteiger partial charge in [0.1, 0.15) is 0 Å². The molecule has 0 saturated carbocycles. The maximum atomic E-state index is 12.0. The standard InChI is InChI=1S/C15H21N3O3/c1-3-21-15(20)11-5-4-6-12(16)14(11)17-10-7-8-13(19)18(2)9-10/h4-6,10,17H,3,7-9,16H2,1-2H3. The van der Waals surface area contributed by atoms with Crippen LogP contribution in [-0.4, -0.2) is 43.0 Å². The van der Waals surface area contributed by atoms with E-state index in [0.29, 0.717) is 36.5 Å². The monoisotopic (exact) mass is 291 g/mol. The topological polar surface area (TPSA) is 84.7 Å². The second-order valence-corrected chi connectivity index (χ2v) is 5.14. The number of nitrogens with one attached hydrogen (secondary N) is 1. The van der Waals surface area contributed by atoms with Gasteiger partial charge in [0.2, 0.25) is 5.91 Å². The van der Waals surface area contributed by atoms with Gasteiger partial charge in [-0.3, -0.25) is 4.79 Å². The summed E-state index contributed by atoms with van der Waals surface area (Å²) in [4.78, 5) is 25.2. The molecule has 0 radical (unpaired) electrons. The van der Waals surface area contributed by atoms with E-state index in [1.807, 2.05) is 0 Å². The number of carbonyl (C=O) groups excluding carboxylic acids is 2. The number of likely N-dealkylation sites (N-methyl/N-ethyl adjacent to an activating group) is 1. The highest BCUT2D eigenvalue weighted by Gasteiger charge is 2.25. The molecule has 0 aliphatic carbocycles. The first kappa shape index (κ1) is 15.2. The second-order valence-electron chi connectivity index (χ2n) is 5.14. The summed E-state index contributed by atoms with van der Waals surface area (Å²) in [6.45, 7) is 2.67. The minimum Gasteiger partial charge on any atom is -0.462 e. The first-order chi connectivity index (χ1) is 10.0. The number of benzene rings is 1. The van der Waals surface area contributed by atoms with Gasteiger partial charge in [0.05, 0.1) is 23.5 Å². The summed E-state index contributed by atoms with van der Waals surface area (Å²) >= 11 is 0. The zero-order chi connectivity index (χ0) is 15.4. The van der Waals surface area contributed by atoms with Crippen molar-refractivity contribution in [1.29, 1.82) is 0 Å². The Morgan fingerprint density at radius 2 is 2.29 bits per heavy atom. The largest absolute Gasteiger partial charge is 0.462 e. The van der Waals surface area contributed by atoms with Gasteiger partial charge in [-0.1, -0.05) is 6.07 Å². The van der Waals surface area contributed by atoms with Crippen molar-refractivity contribution in [2.24, 2.45) is 0 Å². The molecule has 0 aromatic heterocycles. The van der Waals surface area contributed by atoms with Crippen molar-refractivity contribution in [3.8, 4) is 0 Å². The third-order valence-corrected chi connectivity index (χ3v) is 3.57. The van der Waals surface area contributed by atoms with Gasteiger partial charge in [0, 0.05) is 26.1 Å². The van der Waals surface area contributed by atoms with Crippen LogP contribution >= 0.6 is 0 Å². The molecule has 1 aliphatic heterocycles. The zero-order valence-corrected chi connectivity index (χ0v) is 12.4. The lowest BCUT2D eigenvalue weighted by Gasteiger charge is -2.31. The number of para-hydroxylation sites is 1. The van der Waals surface area contributed by atoms with Gasteiger partial charge in [-0.05, 0) is 25.5 Å². The molecule has 1 aromatic carbocycles. The molecule has 114 valence electrons. The number of nitrogen functional groups attached to an aromatic ring is 1. The Morgan fingerprint density at radius 3 is 2.95 bits per heavy atom. The van der Waals surface area contributed by atoms with Gasteiger partial charge in [-0.2, -0.15) is 0 Å². The zero-order valence-electron chi connectivity index (χ0n) is 12.4. The lowest BCUT2D eigenvalue weighted by molar-refractivity contribution is -0.132.